The number of benzene rings is 1. The molecule has 1 aromatic carbocycles. The molecule has 0 unspecified atom stereocenters. The van der Waals surface area contributed by atoms with Gasteiger partial charge in [0.1, 0.15) is 5.75 Å². The highest BCUT2D eigenvalue weighted by Gasteiger charge is 2.29. The van der Waals surface area contributed by atoms with E-state index in [0.29, 0.717) is 23.2 Å². The van der Waals surface area contributed by atoms with E-state index in [9.17, 15) is 4.79 Å². The summed E-state index contributed by atoms with van der Waals surface area (Å²) < 4.78 is 5.56. The van der Waals surface area contributed by atoms with Crippen molar-refractivity contribution in [1.82, 2.24) is 15.1 Å². The Kier molecular flexibility index (Phi) is 4.87. The van der Waals surface area contributed by atoms with Crippen molar-refractivity contribution in [2.45, 2.75) is 44.7 Å². The average molecular weight is 375 g/mol. The highest BCUT2D eigenvalue weighted by Crippen LogP contribution is 2.39. The van der Waals surface area contributed by atoms with Gasteiger partial charge in [-0.2, -0.15) is 5.10 Å². The number of halogens is 1. The van der Waals surface area contributed by atoms with E-state index in [-0.39, 0.29) is 6.61 Å². The summed E-state index contributed by atoms with van der Waals surface area (Å²) >= 11 is 6.17. The van der Waals surface area contributed by atoms with Crippen molar-refractivity contribution in [1.29, 1.82) is 0 Å². The molecule has 3 N–H and O–H groups in total. The number of ether oxygens (including phenoxy) is 1. The number of hydrogen-bond donors (Lipinski definition) is 2. The predicted molar refractivity (Wildman–Crippen MR) is 99.1 cm³/mol. The minimum absolute atomic E-state index is 0.133. The average Bonchev–Trinajstić information content (AvgIpc) is 2.95. The van der Waals surface area contributed by atoms with Gasteiger partial charge in [-0.3, -0.25) is 14.8 Å². The zero-order chi connectivity index (χ0) is 18.1. The van der Waals surface area contributed by atoms with Crippen molar-refractivity contribution in [2.75, 3.05) is 13.2 Å². The normalized spacial score (nSPS) is 17.6. The molecule has 1 saturated carbocycles. The second kappa shape index (κ2) is 7.29. The van der Waals surface area contributed by atoms with Gasteiger partial charge in [-0.1, -0.05) is 18.0 Å². The molecule has 1 aromatic heterocycles. The highest BCUT2D eigenvalue weighted by molar-refractivity contribution is 6.30. The largest absolute Gasteiger partial charge is 0.483 e. The first kappa shape index (κ1) is 17.4. The number of H-pyrrole nitrogens is 1. The maximum absolute atomic E-state index is 11.0. The smallest absolute Gasteiger partial charge is 0.255 e. The third kappa shape index (κ3) is 3.57. The van der Waals surface area contributed by atoms with Gasteiger partial charge in [0.25, 0.3) is 5.91 Å². The number of fused-ring (bicyclic) bond motifs is 1. The number of carbonyl (C=O) groups excluding carboxylic acids is 1. The Balaban J connectivity index is 1.50. The van der Waals surface area contributed by atoms with Crippen LogP contribution in [-0.4, -0.2) is 34.2 Å². The Morgan fingerprint density at radius 1 is 1.42 bits per heavy atom. The van der Waals surface area contributed by atoms with Crippen molar-refractivity contribution in [3.05, 3.63) is 45.7 Å². The summed E-state index contributed by atoms with van der Waals surface area (Å²) in [5, 5.41) is 8.49. The molecule has 4 rings (SSSR count). The Labute approximate surface area is 157 Å². The Bertz CT molecular complexity index is 816. The van der Waals surface area contributed by atoms with Crippen molar-refractivity contribution >= 4 is 17.5 Å². The van der Waals surface area contributed by atoms with Crippen LogP contribution >= 0.6 is 11.6 Å². The van der Waals surface area contributed by atoms with E-state index in [0.717, 1.165) is 25.1 Å². The second-order valence-electron chi connectivity index (χ2n) is 7.16. The Morgan fingerprint density at radius 3 is 3.00 bits per heavy atom. The van der Waals surface area contributed by atoms with Crippen LogP contribution in [0.5, 0.6) is 5.75 Å². The van der Waals surface area contributed by atoms with Gasteiger partial charge < -0.3 is 10.5 Å². The summed E-state index contributed by atoms with van der Waals surface area (Å²) in [6.45, 7) is 2.40. The van der Waals surface area contributed by atoms with E-state index in [1.807, 2.05) is 6.07 Å². The number of nitrogens with zero attached hydrogens (tertiary/aromatic N) is 2. The predicted octanol–water partition coefficient (Wildman–Crippen LogP) is 2.75. The van der Waals surface area contributed by atoms with Gasteiger partial charge >= 0.3 is 0 Å². The fraction of sp³-hybridized carbons (Fsp3) is 0.474. The van der Waals surface area contributed by atoms with Crippen LogP contribution in [0.2, 0.25) is 5.02 Å². The van der Waals surface area contributed by atoms with Gasteiger partial charge in [0, 0.05) is 53.8 Å². The van der Waals surface area contributed by atoms with Crippen LogP contribution in [0.4, 0.5) is 0 Å². The summed E-state index contributed by atoms with van der Waals surface area (Å²) in [5.41, 5.74) is 10.1. The van der Waals surface area contributed by atoms with E-state index >= 15 is 0 Å². The molecule has 1 aliphatic carbocycles. The summed E-state index contributed by atoms with van der Waals surface area (Å²) in [6.07, 6.45) is 4.76. The molecule has 26 heavy (non-hydrogen) atoms. The number of hydrogen-bond acceptors (Lipinski definition) is 4. The molecule has 7 heteroatoms. The van der Waals surface area contributed by atoms with Crippen LogP contribution in [0.3, 0.4) is 0 Å². The number of primary amides is 1. The number of amides is 1. The van der Waals surface area contributed by atoms with Crippen molar-refractivity contribution in [2.24, 2.45) is 5.73 Å². The molecule has 2 aliphatic rings. The zero-order valence-electron chi connectivity index (χ0n) is 14.6. The first-order chi connectivity index (χ1) is 12.6. The van der Waals surface area contributed by atoms with E-state index < -0.39 is 5.91 Å². The van der Waals surface area contributed by atoms with Crippen molar-refractivity contribution in [3.8, 4) is 5.75 Å². The number of rotatable bonds is 6. The number of carbonyl (C=O) groups is 1. The minimum Gasteiger partial charge on any atom is -0.483 e. The molecule has 1 fully saturated rings. The van der Waals surface area contributed by atoms with E-state index in [4.69, 9.17) is 22.1 Å². The van der Waals surface area contributed by atoms with Gasteiger partial charge in [-0.25, -0.2) is 0 Å². The first-order valence-electron chi connectivity index (χ1n) is 9.08. The summed E-state index contributed by atoms with van der Waals surface area (Å²) in [5.74, 6) is 0.790. The molecule has 2 aromatic rings. The topological polar surface area (TPSA) is 84.2 Å². The quantitative estimate of drug-likeness (QED) is 0.814. The zero-order valence-corrected chi connectivity index (χ0v) is 15.4. The summed E-state index contributed by atoms with van der Waals surface area (Å²) in [4.78, 5) is 13.4. The molecule has 6 nitrogen and oxygen atoms in total. The molecular weight excluding hydrogens is 352 g/mol. The molecule has 1 aliphatic heterocycles. The maximum atomic E-state index is 11.0. The molecule has 2 heterocycles. The van der Waals surface area contributed by atoms with Gasteiger partial charge in [-0.15, -0.1) is 0 Å². The van der Waals surface area contributed by atoms with E-state index in [2.05, 4.69) is 15.1 Å². The molecule has 0 bridgehead atoms. The van der Waals surface area contributed by atoms with Gasteiger partial charge in [0.2, 0.25) is 0 Å². The molecule has 1 amide bonds. The van der Waals surface area contributed by atoms with Crippen LogP contribution in [0.15, 0.2) is 18.2 Å². The van der Waals surface area contributed by atoms with Crippen LogP contribution in [0, 0.1) is 0 Å². The van der Waals surface area contributed by atoms with Crippen molar-refractivity contribution in [3.63, 3.8) is 0 Å². The van der Waals surface area contributed by atoms with Gasteiger partial charge in [0.15, 0.2) is 6.61 Å². The molecule has 138 valence electrons. The third-order valence-electron chi connectivity index (χ3n) is 5.32. The highest BCUT2D eigenvalue weighted by atomic mass is 35.5. The van der Waals surface area contributed by atoms with Crippen molar-refractivity contribution < 1.29 is 9.53 Å². The standard InChI is InChI=1S/C19H23ClN4O2/c20-14-4-5-17(26-11-18(21)25)13(8-14)9-24-7-6-16-15(10-24)19(23-22-16)12-2-1-3-12/h4-5,8,12H,1-3,6-7,9-11H2,(H2,21,25)(H,22,23). The third-order valence-corrected chi connectivity index (χ3v) is 5.56. The van der Waals surface area contributed by atoms with Crippen LogP contribution in [-0.2, 0) is 24.3 Å². The Morgan fingerprint density at radius 2 is 2.27 bits per heavy atom. The fourth-order valence-electron chi connectivity index (χ4n) is 3.73. The first-order valence-corrected chi connectivity index (χ1v) is 9.46. The summed E-state index contributed by atoms with van der Waals surface area (Å²) in [7, 11) is 0. The lowest BCUT2D eigenvalue weighted by Crippen LogP contribution is -2.31. The minimum atomic E-state index is -0.489. The molecule has 0 atom stereocenters. The molecular formula is C19H23ClN4O2. The number of aromatic amines is 1. The number of aromatic nitrogens is 2. The lowest BCUT2D eigenvalue weighted by Gasteiger charge is -2.30. The monoisotopic (exact) mass is 374 g/mol. The van der Waals surface area contributed by atoms with Gasteiger partial charge in [-0.05, 0) is 31.0 Å². The summed E-state index contributed by atoms with van der Waals surface area (Å²) in [6, 6.07) is 5.46. The Hall–Kier alpha value is -2.05. The van der Waals surface area contributed by atoms with E-state index in [1.54, 1.807) is 12.1 Å². The van der Waals surface area contributed by atoms with E-state index in [1.165, 1.54) is 36.2 Å². The molecule has 0 saturated heterocycles. The van der Waals surface area contributed by atoms with Crippen LogP contribution in [0.1, 0.15) is 47.7 Å². The lowest BCUT2D eigenvalue weighted by atomic mass is 9.81. The molecule has 0 radical (unpaired) electrons. The van der Waals surface area contributed by atoms with Gasteiger partial charge in [0.05, 0.1) is 5.69 Å². The van der Waals surface area contributed by atoms with Crippen LogP contribution < -0.4 is 10.5 Å². The number of nitrogens with two attached hydrogens (primary N) is 1. The van der Waals surface area contributed by atoms with Crippen LogP contribution in [0.25, 0.3) is 0 Å². The second-order valence-corrected chi connectivity index (χ2v) is 7.60. The SMILES string of the molecule is NC(=O)COc1ccc(Cl)cc1CN1CCc2[nH]nc(C3CCC3)c2C1. The molecule has 0 spiro atoms. The maximum Gasteiger partial charge on any atom is 0.255 e. The lowest BCUT2D eigenvalue weighted by molar-refractivity contribution is -0.119. The number of nitrogens with one attached hydrogen (secondary N) is 1. The fourth-order valence-corrected chi connectivity index (χ4v) is 3.92.